The van der Waals surface area contributed by atoms with Gasteiger partial charge in [-0.3, -0.25) is 0 Å². The van der Waals surface area contributed by atoms with Crippen molar-refractivity contribution in [1.29, 1.82) is 0 Å². The van der Waals surface area contributed by atoms with Crippen molar-refractivity contribution in [2.24, 2.45) is 29.6 Å². The fourth-order valence-corrected chi connectivity index (χ4v) is 7.74. The van der Waals surface area contributed by atoms with Crippen LogP contribution in [-0.2, 0) is 34.7 Å². The maximum atomic E-state index is 7.23. The van der Waals surface area contributed by atoms with Gasteiger partial charge in [-0.2, -0.15) is 0 Å². The van der Waals surface area contributed by atoms with E-state index in [9.17, 15) is 0 Å². The lowest BCUT2D eigenvalue weighted by molar-refractivity contribution is -0.243. The quantitative estimate of drug-likeness (QED) is 0.0893. The molecule has 1 saturated heterocycles. The summed E-state index contributed by atoms with van der Waals surface area (Å²) in [6.45, 7) is 29.3. The lowest BCUT2D eigenvalue weighted by Crippen LogP contribution is -2.52. The Hall–Kier alpha value is -1.26. The van der Waals surface area contributed by atoms with Crippen molar-refractivity contribution in [1.82, 2.24) is 0 Å². The molecule has 0 N–H and O–H groups in total. The standard InChI is InChI=1S/C37H66O7Si/c1-25(19-26(2)34(42-24-38-11)28(4)21-40-23-32-15-17-33(39-12)18-16-32)20-27(3)36(44-45(13,14)37(8,9)10)30(6)35-29(5)22-41-31(7)43-35/h15-19,26-31,34-36H,20-24H2,1-14H3/b25-19-/t26-,27-,28-,29-,30+,31-,34+,35-,36+/m0/s1. The zero-order valence-corrected chi connectivity index (χ0v) is 32.0. The van der Waals surface area contributed by atoms with Crippen LogP contribution in [0.15, 0.2) is 35.9 Å². The Morgan fingerprint density at radius 1 is 1.00 bits per heavy atom. The van der Waals surface area contributed by atoms with Crippen molar-refractivity contribution in [2.75, 3.05) is 34.2 Å². The van der Waals surface area contributed by atoms with E-state index in [-0.39, 0.29) is 54.2 Å². The molecule has 1 aliphatic rings. The molecule has 9 atom stereocenters. The van der Waals surface area contributed by atoms with Crippen LogP contribution in [-0.4, -0.2) is 67.1 Å². The third-order valence-corrected chi connectivity index (χ3v) is 14.3. The van der Waals surface area contributed by atoms with Gasteiger partial charge in [-0.25, -0.2) is 0 Å². The van der Waals surface area contributed by atoms with Gasteiger partial charge in [0.1, 0.15) is 12.5 Å². The minimum Gasteiger partial charge on any atom is -0.497 e. The molecule has 2 rings (SSSR count). The summed E-state index contributed by atoms with van der Waals surface area (Å²) in [6.07, 6.45) is 3.27. The first-order valence-corrected chi connectivity index (χ1v) is 19.8. The Morgan fingerprint density at radius 3 is 2.22 bits per heavy atom. The SMILES string of the molecule is COCO[C@H]([C@@H](C)/C=C(/C)C[C@H](C)[C@@H](O[Si](C)(C)C(C)(C)C)[C@H](C)[C@H]1O[C@@H](C)OC[C@@H]1C)[C@@H](C)COCc1ccc(OC)cc1. The molecule has 1 fully saturated rings. The van der Waals surface area contributed by atoms with E-state index < -0.39 is 8.32 Å². The van der Waals surface area contributed by atoms with E-state index in [4.69, 9.17) is 32.8 Å². The molecule has 7 nitrogen and oxygen atoms in total. The van der Waals surface area contributed by atoms with Crippen LogP contribution in [0.1, 0.15) is 81.2 Å². The number of rotatable bonds is 18. The monoisotopic (exact) mass is 650 g/mol. The number of hydrogen-bond acceptors (Lipinski definition) is 7. The number of ether oxygens (including phenoxy) is 6. The van der Waals surface area contributed by atoms with Crippen molar-refractivity contribution in [3.8, 4) is 5.75 Å². The van der Waals surface area contributed by atoms with Crippen LogP contribution in [0, 0.1) is 29.6 Å². The van der Waals surface area contributed by atoms with Crippen LogP contribution >= 0.6 is 0 Å². The summed E-state index contributed by atoms with van der Waals surface area (Å²) in [5.74, 6) is 2.08. The molecular weight excluding hydrogens is 584 g/mol. The van der Waals surface area contributed by atoms with Crippen LogP contribution in [0.2, 0.25) is 18.1 Å². The van der Waals surface area contributed by atoms with Gasteiger partial charge in [0.15, 0.2) is 14.6 Å². The number of methoxy groups -OCH3 is 2. The molecule has 260 valence electrons. The van der Waals surface area contributed by atoms with E-state index >= 15 is 0 Å². The second-order valence-electron chi connectivity index (χ2n) is 15.1. The van der Waals surface area contributed by atoms with Crippen molar-refractivity contribution in [3.05, 3.63) is 41.5 Å². The first kappa shape index (κ1) is 39.9. The van der Waals surface area contributed by atoms with Crippen molar-refractivity contribution >= 4 is 8.32 Å². The molecule has 0 saturated carbocycles. The Balaban J connectivity index is 2.16. The highest BCUT2D eigenvalue weighted by Crippen LogP contribution is 2.41. The van der Waals surface area contributed by atoms with E-state index in [1.54, 1.807) is 14.2 Å². The van der Waals surface area contributed by atoms with Gasteiger partial charge in [0.05, 0.1) is 45.2 Å². The van der Waals surface area contributed by atoms with Gasteiger partial charge in [0.25, 0.3) is 0 Å². The summed E-state index contributed by atoms with van der Waals surface area (Å²) >= 11 is 0. The molecule has 0 radical (unpaired) electrons. The van der Waals surface area contributed by atoms with E-state index in [1.807, 2.05) is 31.2 Å². The van der Waals surface area contributed by atoms with E-state index in [0.717, 1.165) is 24.3 Å². The molecule has 1 aromatic carbocycles. The molecule has 0 aromatic heterocycles. The van der Waals surface area contributed by atoms with E-state index in [0.29, 0.717) is 25.0 Å². The summed E-state index contributed by atoms with van der Waals surface area (Å²) in [7, 11) is 1.32. The first-order chi connectivity index (χ1) is 21.0. The normalized spacial score (nSPS) is 24.0. The first-order valence-electron chi connectivity index (χ1n) is 16.9. The highest BCUT2D eigenvalue weighted by atomic mass is 28.4. The Bertz CT molecular complexity index is 1010. The highest BCUT2D eigenvalue weighted by molar-refractivity contribution is 6.74. The average molecular weight is 651 g/mol. The van der Waals surface area contributed by atoms with Crippen LogP contribution in [0.25, 0.3) is 0 Å². The molecule has 1 aromatic rings. The predicted octanol–water partition coefficient (Wildman–Crippen LogP) is 8.87. The van der Waals surface area contributed by atoms with E-state index in [1.165, 1.54) is 5.57 Å². The van der Waals surface area contributed by atoms with Crippen LogP contribution in [0.5, 0.6) is 5.75 Å². The molecule has 0 aliphatic carbocycles. The maximum Gasteiger partial charge on any atom is 0.192 e. The topological polar surface area (TPSA) is 64.6 Å². The second-order valence-corrected chi connectivity index (χ2v) is 19.9. The predicted molar refractivity (Wildman–Crippen MR) is 186 cm³/mol. The third kappa shape index (κ3) is 12.4. The average Bonchev–Trinajstić information content (AvgIpc) is 2.96. The van der Waals surface area contributed by atoms with Crippen LogP contribution < -0.4 is 4.74 Å². The molecule has 1 aliphatic heterocycles. The van der Waals surface area contributed by atoms with Gasteiger partial charge in [-0.1, -0.05) is 79.2 Å². The Morgan fingerprint density at radius 2 is 1.64 bits per heavy atom. The molecular formula is C37H66O7Si. The molecule has 0 spiro atoms. The Labute approximate surface area is 276 Å². The Kier molecular flexibility index (Phi) is 16.3. The van der Waals surface area contributed by atoms with Gasteiger partial charge in [-0.05, 0) is 62.0 Å². The van der Waals surface area contributed by atoms with Crippen LogP contribution in [0.3, 0.4) is 0 Å². The summed E-state index contributed by atoms with van der Waals surface area (Å²) in [5.41, 5.74) is 2.46. The maximum absolute atomic E-state index is 7.23. The summed E-state index contributed by atoms with van der Waals surface area (Å²) in [4.78, 5) is 0. The summed E-state index contributed by atoms with van der Waals surface area (Å²) < 4.78 is 42.3. The van der Waals surface area contributed by atoms with E-state index in [2.05, 4.69) is 81.5 Å². The van der Waals surface area contributed by atoms with Gasteiger partial charge in [0.2, 0.25) is 0 Å². The largest absolute Gasteiger partial charge is 0.497 e. The van der Waals surface area contributed by atoms with Crippen LogP contribution in [0.4, 0.5) is 0 Å². The molecule has 0 amide bonds. The van der Waals surface area contributed by atoms with Crippen molar-refractivity contribution in [3.63, 3.8) is 0 Å². The third-order valence-electron chi connectivity index (χ3n) is 9.79. The lowest BCUT2D eigenvalue weighted by Gasteiger charge is -2.46. The second kappa shape index (κ2) is 18.3. The van der Waals surface area contributed by atoms with Crippen molar-refractivity contribution < 1.29 is 32.8 Å². The zero-order chi connectivity index (χ0) is 33.9. The fraction of sp³-hybridized carbons (Fsp3) is 0.784. The number of benzene rings is 1. The number of hydrogen-bond donors (Lipinski definition) is 0. The lowest BCUT2D eigenvalue weighted by atomic mass is 9.81. The van der Waals surface area contributed by atoms with Gasteiger partial charge in [-0.15, -0.1) is 0 Å². The fourth-order valence-electron chi connectivity index (χ4n) is 6.26. The van der Waals surface area contributed by atoms with Gasteiger partial charge >= 0.3 is 0 Å². The highest BCUT2D eigenvalue weighted by Gasteiger charge is 2.44. The van der Waals surface area contributed by atoms with Gasteiger partial charge in [0, 0.05) is 30.8 Å². The molecule has 0 bridgehead atoms. The van der Waals surface area contributed by atoms with Crippen molar-refractivity contribution in [2.45, 2.75) is 125 Å². The molecule has 45 heavy (non-hydrogen) atoms. The summed E-state index contributed by atoms with van der Waals surface area (Å²) in [5, 5.41) is 0.122. The minimum atomic E-state index is -2.03. The number of allylic oxidation sites excluding steroid dienone is 1. The molecule has 8 heteroatoms. The van der Waals surface area contributed by atoms with Gasteiger partial charge < -0.3 is 32.8 Å². The summed E-state index contributed by atoms with van der Waals surface area (Å²) in [6, 6.07) is 8.00. The smallest absolute Gasteiger partial charge is 0.192 e. The molecule has 1 heterocycles. The molecule has 0 unspecified atom stereocenters. The zero-order valence-electron chi connectivity index (χ0n) is 31.0. The minimum absolute atomic E-state index is 0.0396.